The maximum Gasteiger partial charge on any atom is 0.251 e. The van der Waals surface area contributed by atoms with E-state index in [1.165, 1.54) is 24.3 Å². The number of carbonyl (C=O) groups excluding carboxylic acids is 1. The van der Waals surface area contributed by atoms with Crippen LogP contribution >= 0.6 is 0 Å². The average Bonchev–Trinajstić information content (AvgIpc) is 3.09. The van der Waals surface area contributed by atoms with Gasteiger partial charge in [0.25, 0.3) is 5.91 Å². The van der Waals surface area contributed by atoms with Crippen molar-refractivity contribution in [2.45, 2.75) is 6.54 Å². The van der Waals surface area contributed by atoms with Gasteiger partial charge in [-0.05, 0) is 48.5 Å². The van der Waals surface area contributed by atoms with Crippen LogP contribution in [-0.4, -0.2) is 28.2 Å². The van der Waals surface area contributed by atoms with E-state index in [1.807, 2.05) is 24.3 Å². The van der Waals surface area contributed by atoms with Gasteiger partial charge in [0.05, 0.1) is 13.7 Å². The molecule has 0 bridgehead atoms. The normalized spacial score (nSPS) is 10.4. The number of aromatic nitrogens is 3. The van der Waals surface area contributed by atoms with Crippen LogP contribution in [0.1, 0.15) is 16.2 Å². The quantitative estimate of drug-likeness (QED) is 0.755. The fourth-order valence-corrected chi connectivity index (χ4v) is 2.11. The van der Waals surface area contributed by atoms with Gasteiger partial charge < -0.3 is 10.1 Å². The van der Waals surface area contributed by atoms with Gasteiger partial charge in [-0.2, -0.15) is 5.10 Å². The number of halogens is 1. The molecule has 2 aromatic carbocycles. The van der Waals surface area contributed by atoms with Crippen LogP contribution in [-0.2, 0) is 6.54 Å². The molecule has 1 heterocycles. The lowest BCUT2D eigenvalue weighted by Crippen LogP contribution is -2.23. The summed E-state index contributed by atoms with van der Waals surface area (Å²) in [5.74, 6) is 1.12. The number of methoxy groups -OCH3 is 1. The Morgan fingerprint density at radius 1 is 1.17 bits per heavy atom. The number of nitrogens with zero attached hydrogens (tertiary/aromatic N) is 2. The molecule has 7 heteroatoms. The molecular weight excluding hydrogens is 311 g/mol. The first kappa shape index (κ1) is 15.7. The molecule has 24 heavy (non-hydrogen) atoms. The Kier molecular flexibility index (Phi) is 4.51. The molecule has 0 saturated carbocycles. The van der Waals surface area contributed by atoms with Gasteiger partial charge in [0.2, 0.25) is 0 Å². The second-order valence-electron chi connectivity index (χ2n) is 5.02. The Balaban J connectivity index is 1.63. The fraction of sp³-hybridized carbons (Fsp3) is 0.118. The first-order chi connectivity index (χ1) is 11.7. The summed E-state index contributed by atoms with van der Waals surface area (Å²) in [6, 6.07) is 12.7. The highest BCUT2D eigenvalue weighted by molar-refractivity contribution is 5.94. The number of ether oxygens (including phenoxy) is 1. The maximum absolute atomic E-state index is 12.8. The van der Waals surface area contributed by atoms with E-state index in [2.05, 4.69) is 20.5 Å². The van der Waals surface area contributed by atoms with Crippen LogP contribution in [0.25, 0.3) is 11.4 Å². The van der Waals surface area contributed by atoms with Gasteiger partial charge in [-0.25, -0.2) is 9.37 Å². The van der Waals surface area contributed by atoms with Gasteiger partial charge in [-0.15, -0.1) is 0 Å². The zero-order valence-corrected chi connectivity index (χ0v) is 12.9. The highest BCUT2D eigenvalue weighted by atomic mass is 19.1. The van der Waals surface area contributed by atoms with Crippen molar-refractivity contribution < 1.29 is 13.9 Å². The van der Waals surface area contributed by atoms with Crippen molar-refractivity contribution in [3.05, 3.63) is 65.7 Å². The highest BCUT2D eigenvalue weighted by Gasteiger charge is 2.09. The molecule has 3 rings (SSSR count). The molecule has 0 unspecified atom stereocenters. The van der Waals surface area contributed by atoms with E-state index in [0.717, 1.165) is 11.3 Å². The third-order valence-corrected chi connectivity index (χ3v) is 3.40. The molecule has 0 atom stereocenters. The minimum absolute atomic E-state index is 0.194. The zero-order chi connectivity index (χ0) is 16.9. The molecule has 0 saturated heterocycles. The first-order valence-corrected chi connectivity index (χ1v) is 7.25. The summed E-state index contributed by atoms with van der Waals surface area (Å²) in [4.78, 5) is 16.3. The lowest BCUT2D eigenvalue weighted by atomic mass is 10.2. The largest absolute Gasteiger partial charge is 0.497 e. The Labute approximate surface area is 137 Å². The van der Waals surface area contributed by atoms with E-state index in [1.54, 1.807) is 7.11 Å². The molecule has 1 amide bonds. The average molecular weight is 326 g/mol. The van der Waals surface area contributed by atoms with Crippen molar-refractivity contribution in [3.63, 3.8) is 0 Å². The first-order valence-electron chi connectivity index (χ1n) is 7.25. The van der Waals surface area contributed by atoms with Crippen LogP contribution in [0.4, 0.5) is 4.39 Å². The smallest absolute Gasteiger partial charge is 0.251 e. The van der Waals surface area contributed by atoms with Crippen LogP contribution in [0.5, 0.6) is 5.75 Å². The zero-order valence-electron chi connectivity index (χ0n) is 12.9. The summed E-state index contributed by atoms with van der Waals surface area (Å²) in [5, 5.41) is 9.61. The number of H-pyrrole nitrogens is 1. The van der Waals surface area contributed by atoms with Crippen LogP contribution < -0.4 is 10.1 Å². The number of aromatic amines is 1. The van der Waals surface area contributed by atoms with Gasteiger partial charge in [-0.1, -0.05) is 0 Å². The van der Waals surface area contributed by atoms with Gasteiger partial charge in [0, 0.05) is 11.1 Å². The number of rotatable bonds is 5. The monoisotopic (exact) mass is 326 g/mol. The van der Waals surface area contributed by atoms with Crippen LogP contribution in [0.15, 0.2) is 48.5 Å². The summed E-state index contributed by atoms with van der Waals surface area (Å²) in [5.41, 5.74) is 1.22. The predicted octanol–water partition coefficient (Wildman–Crippen LogP) is 2.55. The molecule has 6 nitrogen and oxygen atoms in total. The molecule has 122 valence electrons. The van der Waals surface area contributed by atoms with Crippen LogP contribution in [0, 0.1) is 5.82 Å². The number of hydrogen-bond acceptors (Lipinski definition) is 4. The Morgan fingerprint density at radius 2 is 1.88 bits per heavy atom. The number of amides is 1. The second kappa shape index (κ2) is 6.91. The summed E-state index contributed by atoms with van der Waals surface area (Å²) in [6.07, 6.45) is 0. The van der Waals surface area contributed by atoms with E-state index < -0.39 is 0 Å². The topological polar surface area (TPSA) is 79.9 Å². The molecule has 0 aliphatic carbocycles. The van der Waals surface area contributed by atoms with Gasteiger partial charge in [0.15, 0.2) is 5.82 Å². The summed E-state index contributed by atoms with van der Waals surface area (Å²) < 4.78 is 18.0. The van der Waals surface area contributed by atoms with Crippen LogP contribution in [0.2, 0.25) is 0 Å². The van der Waals surface area contributed by atoms with Crippen molar-refractivity contribution in [1.29, 1.82) is 0 Å². The van der Waals surface area contributed by atoms with E-state index >= 15 is 0 Å². The molecule has 0 aliphatic rings. The minimum Gasteiger partial charge on any atom is -0.497 e. The summed E-state index contributed by atoms with van der Waals surface area (Å²) >= 11 is 0. The number of carbonyl (C=O) groups is 1. The Bertz CT molecular complexity index is 829. The van der Waals surface area contributed by atoms with Gasteiger partial charge >= 0.3 is 0 Å². The molecule has 0 spiro atoms. The molecule has 0 fully saturated rings. The molecule has 0 radical (unpaired) electrons. The molecule has 1 aromatic heterocycles. The third kappa shape index (κ3) is 3.57. The van der Waals surface area contributed by atoms with Crippen molar-refractivity contribution in [2.75, 3.05) is 7.11 Å². The third-order valence-electron chi connectivity index (χ3n) is 3.40. The lowest BCUT2D eigenvalue weighted by molar-refractivity contribution is 0.0950. The van der Waals surface area contributed by atoms with Crippen molar-refractivity contribution in [3.8, 4) is 17.1 Å². The van der Waals surface area contributed by atoms with Gasteiger partial charge in [0.1, 0.15) is 17.4 Å². The molecule has 2 N–H and O–H groups in total. The number of nitrogens with one attached hydrogen (secondary N) is 2. The Morgan fingerprint density at radius 3 is 2.54 bits per heavy atom. The van der Waals surface area contributed by atoms with Crippen molar-refractivity contribution >= 4 is 5.91 Å². The van der Waals surface area contributed by atoms with Crippen LogP contribution in [0.3, 0.4) is 0 Å². The molecular formula is C17H15FN4O2. The fourth-order valence-electron chi connectivity index (χ4n) is 2.11. The second-order valence-corrected chi connectivity index (χ2v) is 5.02. The Hall–Kier alpha value is -3.22. The summed E-state index contributed by atoms with van der Waals surface area (Å²) in [6.45, 7) is 0.194. The van der Waals surface area contributed by atoms with Gasteiger partial charge in [-0.3, -0.25) is 9.89 Å². The molecule has 0 aliphatic heterocycles. The lowest BCUT2D eigenvalue weighted by Gasteiger charge is -2.02. The predicted molar refractivity (Wildman–Crippen MR) is 85.9 cm³/mol. The van der Waals surface area contributed by atoms with Crippen molar-refractivity contribution in [2.24, 2.45) is 0 Å². The van der Waals surface area contributed by atoms with Crippen molar-refractivity contribution in [1.82, 2.24) is 20.5 Å². The SMILES string of the molecule is COc1ccc(-c2n[nH]c(CNC(=O)c3ccc(F)cc3)n2)cc1. The number of benzene rings is 2. The number of hydrogen-bond donors (Lipinski definition) is 2. The van der Waals surface area contributed by atoms with E-state index in [0.29, 0.717) is 17.2 Å². The minimum atomic E-state index is -0.383. The van der Waals surface area contributed by atoms with E-state index in [9.17, 15) is 9.18 Å². The van der Waals surface area contributed by atoms with E-state index in [-0.39, 0.29) is 18.3 Å². The summed E-state index contributed by atoms with van der Waals surface area (Å²) in [7, 11) is 1.60. The maximum atomic E-state index is 12.8. The standard InChI is InChI=1S/C17H15FN4O2/c1-24-14-8-4-11(5-9-14)16-20-15(21-22-16)10-19-17(23)12-2-6-13(18)7-3-12/h2-9H,10H2,1H3,(H,19,23)(H,20,21,22). The molecule has 3 aromatic rings. The highest BCUT2D eigenvalue weighted by Crippen LogP contribution is 2.18. The van der Waals surface area contributed by atoms with E-state index in [4.69, 9.17) is 4.74 Å².